The smallest absolute Gasteiger partial charge is 0.178 e. The highest BCUT2D eigenvalue weighted by Gasteiger charge is 2.37. The quantitative estimate of drug-likeness (QED) is 0.746. The van der Waals surface area contributed by atoms with Gasteiger partial charge in [0, 0.05) is 5.56 Å². The molecule has 0 aliphatic carbocycles. The van der Waals surface area contributed by atoms with E-state index in [9.17, 15) is 4.79 Å². The van der Waals surface area contributed by atoms with Crippen molar-refractivity contribution >= 4 is 17.5 Å². The first-order chi connectivity index (χ1) is 8.15. The van der Waals surface area contributed by atoms with Crippen molar-refractivity contribution in [2.24, 2.45) is 0 Å². The first-order valence-corrected chi connectivity index (χ1v) is 7.42. The van der Waals surface area contributed by atoms with E-state index in [0.29, 0.717) is 5.78 Å². The third-order valence-electron chi connectivity index (χ3n) is 3.43. The lowest BCUT2D eigenvalue weighted by atomic mass is 9.93. The molecule has 1 saturated heterocycles. The van der Waals surface area contributed by atoms with E-state index in [0.717, 1.165) is 30.6 Å². The van der Waals surface area contributed by atoms with Crippen LogP contribution < -0.4 is 0 Å². The lowest BCUT2D eigenvalue weighted by Crippen LogP contribution is -2.28. The van der Waals surface area contributed by atoms with Crippen LogP contribution in [0.1, 0.15) is 49.0 Å². The molecule has 0 N–H and O–H groups in total. The number of thioether (sulfide) groups is 1. The molecule has 0 bridgehead atoms. The van der Waals surface area contributed by atoms with Crippen molar-refractivity contribution < 1.29 is 4.79 Å². The van der Waals surface area contributed by atoms with Crippen LogP contribution >= 0.6 is 11.8 Å². The minimum absolute atomic E-state index is 0.176. The third kappa shape index (κ3) is 2.74. The molecule has 1 aromatic rings. The second-order valence-corrected chi connectivity index (χ2v) is 6.56. The van der Waals surface area contributed by atoms with Gasteiger partial charge in [-0.05, 0) is 43.6 Å². The van der Waals surface area contributed by atoms with Gasteiger partial charge in [-0.1, -0.05) is 31.5 Å². The van der Waals surface area contributed by atoms with Crippen LogP contribution in [0, 0.1) is 0 Å². The summed E-state index contributed by atoms with van der Waals surface area (Å²) in [5.41, 5.74) is 2.18. The van der Waals surface area contributed by atoms with Gasteiger partial charge in [0.25, 0.3) is 0 Å². The molecular weight excluding hydrogens is 228 g/mol. The summed E-state index contributed by atoms with van der Waals surface area (Å²) in [5.74, 6) is 1.44. The van der Waals surface area contributed by atoms with Crippen LogP contribution in [0.2, 0.25) is 0 Å². The molecule has 1 fully saturated rings. The first-order valence-electron chi connectivity index (χ1n) is 6.43. The Bertz CT molecular complexity index is 405. The van der Waals surface area contributed by atoms with Gasteiger partial charge in [-0.3, -0.25) is 4.79 Å². The summed E-state index contributed by atoms with van der Waals surface area (Å²) < 4.78 is -0.176. The predicted molar refractivity (Wildman–Crippen MR) is 74.9 cm³/mol. The molecule has 1 nitrogen and oxygen atoms in total. The van der Waals surface area contributed by atoms with E-state index in [1.807, 2.05) is 23.9 Å². The van der Waals surface area contributed by atoms with E-state index in [1.54, 1.807) is 0 Å². The normalized spacial score (nSPS) is 23.9. The zero-order valence-electron chi connectivity index (χ0n) is 10.7. The average Bonchev–Trinajstić information content (AvgIpc) is 2.77. The van der Waals surface area contributed by atoms with Gasteiger partial charge in [-0.15, -0.1) is 11.8 Å². The minimum Gasteiger partial charge on any atom is -0.293 e. The largest absolute Gasteiger partial charge is 0.293 e. The van der Waals surface area contributed by atoms with Crippen LogP contribution in [-0.4, -0.2) is 16.3 Å². The molecule has 1 aliphatic heterocycles. The number of aryl methyl sites for hydroxylation is 1. The van der Waals surface area contributed by atoms with Gasteiger partial charge in [-0.2, -0.15) is 0 Å². The van der Waals surface area contributed by atoms with Crippen molar-refractivity contribution in [2.45, 2.75) is 44.3 Å². The molecule has 1 atom stereocenters. The highest BCUT2D eigenvalue weighted by molar-refractivity contribution is 8.01. The van der Waals surface area contributed by atoms with Crippen LogP contribution in [0.4, 0.5) is 0 Å². The van der Waals surface area contributed by atoms with E-state index in [-0.39, 0.29) is 4.75 Å². The molecule has 1 unspecified atom stereocenters. The van der Waals surface area contributed by atoms with Crippen LogP contribution in [0.3, 0.4) is 0 Å². The standard InChI is InChI=1S/C15H20OS/c1-3-6-12-7-4-8-13(11-12)14(16)15(2)9-5-10-17-15/h4,7-8,11H,3,5-6,9-10H2,1-2H3. The maximum absolute atomic E-state index is 12.5. The van der Waals surface area contributed by atoms with Crippen molar-refractivity contribution in [3.63, 3.8) is 0 Å². The van der Waals surface area contributed by atoms with Gasteiger partial charge in [0.05, 0.1) is 4.75 Å². The van der Waals surface area contributed by atoms with Gasteiger partial charge in [0.1, 0.15) is 0 Å². The average molecular weight is 248 g/mol. The summed E-state index contributed by atoms with van der Waals surface area (Å²) >= 11 is 1.82. The van der Waals surface area contributed by atoms with Crippen molar-refractivity contribution in [3.8, 4) is 0 Å². The topological polar surface area (TPSA) is 17.1 Å². The number of benzene rings is 1. The molecule has 0 amide bonds. The van der Waals surface area contributed by atoms with Crippen LogP contribution in [-0.2, 0) is 6.42 Å². The van der Waals surface area contributed by atoms with Crippen LogP contribution in [0.25, 0.3) is 0 Å². The Morgan fingerprint density at radius 3 is 2.94 bits per heavy atom. The number of Topliss-reactive ketones (excluding diaryl/α,β-unsaturated/α-hetero) is 1. The Hall–Kier alpha value is -0.760. The van der Waals surface area contributed by atoms with Crippen molar-refractivity contribution in [3.05, 3.63) is 35.4 Å². The SMILES string of the molecule is CCCc1cccc(C(=O)C2(C)CCCS2)c1. The fourth-order valence-corrected chi connectivity index (χ4v) is 3.70. The van der Waals surface area contributed by atoms with Crippen LogP contribution in [0.15, 0.2) is 24.3 Å². The van der Waals surface area contributed by atoms with E-state index >= 15 is 0 Å². The third-order valence-corrected chi connectivity index (χ3v) is 4.95. The Morgan fingerprint density at radius 1 is 1.47 bits per heavy atom. The zero-order chi connectivity index (χ0) is 12.3. The molecular formula is C15H20OS. The van der Waals surface area contributed by atoms with E-state index in [4.69, 9.17) is 0 Å². The van der Waals surface area contributed by atoms with Crippen molar-refractivity contribution in [1.82, 2.24) is 0 Å². The summed E-state index contributed by atoms with van der Waals surface area (Å²) in [4.78, 5) is 12.5. The summed E-state index contributed by atoms with van der Waals surface area (Å²) in [5, 5.41) is 0. The van der Waals surface area contributed by atoms with E-state index in [2.05, 4.69) is 26.0 Å². The second kappa shape index (κ2) is 5.26. The van der Waals surface area contributed by atoms with Crippen LogP contribution in [0.5, 0.6) is 0 Å². The molecule has 1 aliphatic rings. The molecule has 0 radical (unpaired) electrons. The number of ketones is 1. The molecule has 1 heterocycles. The summed E-state index contributed by atoms with van der Waals surface area (Å²) in [6, 6.07) is 8.17. The highest BCUT2D eigenvalue weighted by Crippen LogP contribution is 2.40. The lowest BCUT2D eigenvalue weighted by molar-refractivity contribution is 0.0949. The maximum Gasteiger partial charge on any atom is 0.178 e. The Labute approximate surface area is 108 Å². The molecule has 0 aromatic heterocycles. The molecule has 2 heteroatoms. The van der Waals surface area contributed by atoms with Crippen molar-refractivity contribution in [2.75, 3.05) is 5.75 Å². The Balaban J connectivity index is 2.21. The zero-order valence-corrected chi connectivity index (χ0v) is 11.5. The molecule has 17 heavy (non-hydrogen) atoms. The predicted octanol–water partition coefficient (Wildman–Crippen LogP) is 4.11. The number of hydrogen-bond donors (Lipinski definition) is 0. The number of carbonyl (C=O) groups excluding carboxylic acids is 1. The van der Waals surface area contributed by atoms with Gasteiger partial charge in [0.15, 0.2) is 5.78 Å². The lowest BCUT2D eigenvalue weighted by Gasteiger charge is -2.21. The van der Waals surface area contributed by atoms with E-state index < -0.39 is 0 Å². The molecule has 92 valence electrons. The minimum atomic E-state index is -0.176. The molecule has 1 aromatic carbocycles. The number of carbonyl (C=O) groups is 1. The van der Waals surface area contributed by atoms with Gasteiger partial charge >= 0.3 is 0 Å². The summed E-state index contributed by atoms with van der Waals surface area (Å²) in [6.07, 6.45) is 4.38. The first kappa shape index (κ1) is 12.7. The monoisotopic (exact) mass is 248 g/mol. The Morgan fingerprint density at radius 2 is 2.29 bits per heavy atom. The van der Waals surface area contributed by atoms with Gasteiger partial charge in [0.2, 0.25) is 0 Å². The fourth-order valence-electron chi connectivity index (χ4n) is 2.42. The Kier molecular flexibility index (Phi) is 3.93. The van der Waals surface area contributed by atoms with E-state index in [1.165, 1.54) is 12.0 Å². The molecule has 0 spiro atoms. The fraction of sp³-hybridized carbons (Fsp3) is 0.533. The maximum atomic E-state index is 12.5. The highest BCUT2D eigenvalue weighted by atomic mass is 32.2. The van der Waals surface area contributed by atoms with Gasteiger partial charge in [-0.25, -0.2) is 0 Å². The number of rotatable bonds is 4. The van der Waals surface area contributed by atoms with Crippen molar-refractivity contribution in [1.29, 1.82) is 0 Å². The molecule has 0 saturated carbocycles. The second-order valence-electron chi connectivity index (χ2n) is 4.96. The summed E-state index contributed by atoms with van der Waals surface area (Å²) in [7, 11) is 0. The van der Waals surface area contributed by atoms with Gasteiger partial charge < -0.3 is 0 Å². The number of hydrogen-bond acceptors (Lipinski definition) is 2. The molecule has 2 rings (SSSR count). The summed E-state index contributed by atoms with van der Waals surface area (Å²) in [6.45, 7) is 4.27.